The van der Waals surface area contributed by atoms with Gasteiger partial charge < -0.3 is 10.3 Å². The lowest BCUT2D eigenvalue weighted by Gasteiger charge is -2.06. The zero-order valence-corrected chi connectivity index (χ0v) is 10.8. The van der Waals surface area contributed by atoms with Crippen LogP contribution in [0.4, 0.5) is 4.39 Å². The number of nitrogens with two attached hydrogens (primary N) is 1. The van der Waals surface area contributed by atoms with Crippen molar-refractivity contribution in [2.45, 2.75) is 25.9 Å². The van der Waals surface area contributed by atoms with E-state index in [1.54, 1.807) is 12.1 Å². The molecule has 0 amide bonds. The Morgan fingerprint density at radius 3 is 2.89 bits per heavy atom. The molecule has 0 fully saturated rings. The molecule has 0 bridgehead atoms. The summed E-state index contributed by atoms with van der Waals surface area (Å²) in [5.41, 5.74) is 8.02. The first kappa shape index (κ1) is 13.3. The van der Waals surface area contributed by atoms with Crippen LogP contribution in [0.15, 0.2) is 36.7 Å². The van der Waals surface area contributed by atoms with E-state index in [2.05, 4.69) is 0 Å². The minimum absolute atomic E-state index is 0.0455. The number of nitrogens with zero attached hydrogens (tertiary/aromatic N) is 2. The van der Waals surface area contributed by atoms with Gasteiger partial charge in [0, 0.05) is 25.0 Å². The summed E-state index contributed by atoms with van der Waals surface area (Å²) < 4.78 is 15.2. The maximum absolute atomic E-state index is 13.2. The van der Waals surface area contributed by atoms with Gasteiger partial charge in [-0.15, -0.1) is 0 Å². The number of rotatable bonds is 4. The number of nitriles is 1. The van der Waals surface area contributed by atoms with E-state index in [-0.39, 0.29) is 11.6 Å². The van der Waals surface area contributed by atoms with Crippen molar-refractivity contribution in [3.05, 3.63) is 59.2 Å². The molecule has 3 nitrogen and oxygen atoms in total. The van der Waals surface area contributed by atoms with Gasteiger partial charge >= 0.3 is 0 Å². The van der Waals surface area contributed by atoms with Gasteiger partial charge in [0.25, 0.3) is 0 Å². The predicted octanol–water partition coefficient (Wildman–Crippen LogP) is 2.96. The fourth-order valence-electron chi connectivity index (χ4n) is 1.98. The molecular weight excluding hydrogens is 241 g/mol. The van der Waals surface area contributed by atoms with Crippen molar-refractivity contribution >= 4 is 0 Å². The lowest BCUT2D eigenvalue weighted by molar-refractivity contribution is 0.622. The fraction of sp³-hybridized carbons (Fsp3) is 0.267. The third-order valence-corrected chi connectivity index (χ3v) is 3.16. The summed E-state index contributed by atoms with van der Waals surface area (Å²) in [4.78, 5) is 0. The molecule has 1 atom stereocenters. The molecule has 0 saturated carbocycles. The summed E-state index contributed by atoms with van der Waals surface area (Å²) in [6, 6.07) is 8.48. The fourth-order valence-corrected chi connectivity index (χ4v) is 1.98. The largest absolute Gasteiger partial charge is 0.350 e. The van der Waals surface area contributed by atoms with Crippen molar-refractivity contribution in [3.8, 4) is 6.07 Å². The van der Waals surface area contributed by atoms with Crippen LogP contribution in [0.1, 0.15) is 36.1 Å². The average Bonchev–Trinajstić information content (AvgIpc) is 2.88. The molecule has 2 rings (SSSR count). The summed E-state index contributed by atoms with van der Waals surface area (Å²) in [7, 11) is 0. The lowest BCUT2D eigenvalue weighted by Crippen LogP contribution is -2.07. The summed E-state index contributed by atoms with van der Waals surface area (Å²) in [5.74, 6) is -0.479. The molecule has 2 aromatic rings. The smallest absolute Gasteiger partial charge is 0.140 e. The second kappa shape index (κ2) is 5.68. The van der Waals surface area contributed by atoms with Crippen molar-refractivity contribution in [2.75, 3.05) is 0 Å². The van der Waals surface area contributed by atoms with E-state index in [1.807, 2.05) is 36.0 Å². The van der Waals surface area contributed by atoms with Gasteiger partial charge in [-0.1, -0.05) is 13.0 Å². The molecule has 19 heavy (non-hydrogen) atoms. The Balaban J connectivity index is 2.17. The maximum atomic E-state index is 13.2. The molecule has 1 aromatic heterocycles. The van der Waals surface area contributed by atoms with Gasteiger partial charge in [0.1, 0.15) is 11.9 Å². The Labute approximate surface area is 112 Å². The van der Waals surface area contributed by atoms with Crippen LogP contribution in [-0.2, 0) is 6.54 Å². The second-order valence-electron chi connectivity index (χ2n) is 4.56. The topological polar surface area (TPSA) is 54.7 Å². The van der Waals surface area contributed by atoms with E-state index in [0.717, 1.165) is 17.5 Å². The Morgan fingerprint density at radius 1 is 1.42 bits per heavy atom. The van der Waals surface area contributed by atoms with Crippen molar-refractivity contribution < 1.29 is 4.39 Å². The number of hydrogen-bond acceptors (Lipinski definition) is 2. The first-order chi connectivity index (χ1) is 9.13. The zero-order valence-electron chi connectivity index (χ0n) is 10.8. The van der Waals surface area contributed by atoms with Crippen molar-refractivity contribution in [1.29, 1.82) is 5.26 Å². The van der Waals surface area contributed by atoms with E-state index < -0.39 is 5.82 Å². The van der Waals surface area contributed by atoms with Crippen LogP contribution in [0, 0.1) is 17.1 Å². The van der Waals surface area contributed by atoms with E-state index in [1.165, 1.54) is 6.07 Å². The molecule has 0 aliphatic carbocycles. The van der Waals surface area contributed by atoms with E-state index in [9.17, 15) is 4.39 Å². The van der Waals surface area contributed by atoms with Crippen LogP contribution in [0.25, 0.3) is 0 Å². The highest BCUT2D eigenvalue weighted by Gasteiger charge is 2.06. The zero-order chi connectivity index (χ0) is 13.8. The second-order valence-corrected chi connectivity index (χ2v) is 4.56. The van der Waals surface area contributed by atoms with Crippen LogP contribution in [0.3, 0.4) is 0 Å². The van der Waals surface area contributed by atoms with Gasteiger partial charge in [-0.05, 0) is 35.7 Å². The minimum Gasteiger partial charge on any atom is -0.350 e. The van der Waals surface area contributed by atoms with E-state index >= 15 is 0 Å². The molecule has 0 saturated heterocycles. The molecule has 0 radical (unpaired) electrons. The molecular formula is C15H16FN3. The lowest BCUT2D eigenvalue weighted by atomic mass is 10.1. The normalized spacial score (nSPS) is 12.1. The van der Waals surface area contributed by atoms with Gasteiger partial charge in [0.15, 0.2) is 0 Å². The maximum Gasteiger partial charge on any atom is 0.140 e. The highest BCUT2D eigenvalue weighted by atomic mass is 19.1. The predicted molar refractivity (Wildman–Crippen MR) is 71.9 cm³/mol. The SMILES string of the molecule is CCC(N)c1ccn(Cc2ccc(F)c(C#N)c2)c1. The van der Waals surface area contributed by atoms with Crippen LogP contribution in [-0.4, -0.2) is 4.57 Å². The van der Waals surface area contributed by atoms with Crippen LogP contribution >= 0.6 is 0 Å². The average molecular weight is 257 g/mol. The molecule has 98 valence electrons. The minimum atomic E-state index is -0.479. The van der Waals surface area contributed by atoms with Crippen molar-refractivity contribution in [2.24, 2.45) is 5.73 Å². The van der Waals surface area contributed by atoms with E-state index in [4.69, 9.17) is 11.0 Å². The van der Waals surface area contributed by atoms with Crippen LogP contribution < -0.4 is 5.73 Å². The quantitative estimate of drug-likeness (QED) is 0.915. The monoisotopic (exact) mass is 257 g/mol. The summed E-state index contributed by atoms with van der Waals surface area (Å²) in [5, 5.41) is 8.80. The van der Waals surface area contributed by atoms with Gasteiger partial charge in [0.2, 0.25) is 0 Å². The Morgan fingerprint density at radius 2 is 2.21 bits per heavy atom. The van der Waals surface area contributed by atoms with Crippen molar-refractivity contribution in [3.63, 3.8) is 0 Å². The molecule has 1 unspecified atom stereocenters. The molecule has 1 heterocycles. The number of hydrogen-bond donors (Lipinski definition) is 1. The Hall–Kier alpha value is -2.12. The number of benzene rings is 1. The Bertz CT molecular complexity index is 610. The van der Waals surface area contributed by atoms with Crippen LogP contribution in [0.5, 0.6) is 0 Å². The highest BCUT2D eigenvalue weighted by molar-refractivity contribution is 5.34. The first-order valence-corrected chi connectivity index (χ1v) is 6.23. The highest BCUT2D eigenvalue weighted by Crippen LogP contribution is 2.16. The molecule has 1 aromatic carbocycles. The Kier molecular flexibility index (Phi) is 3.98. The van der Waals surface area contributed by atoms with Gasteiger partial charge in [-0.2, -0.15) is 5.26 Å². The van der Waals surface area contributed by atoms with Gasteiger partial charge in [-0.25, -0.2) is 4.39 Å². The molecule has 0 aliphatic heterocycles. The van der Waals surface area contributed by atoms with Gasteiger partial charge in [-0.3, -0.25) is 0 Å². The number of halogens is 1. The third kappa shape index (κ3) is 3.01. The third-order valence-electron chi connectivity index (χ3n) is 3.16. The molecule has 0 spiro atoms. The van der Waals surface area contributed by atoms with Gasteiger partial charge in [0.05, 0.1) is 5.56 Å². The molecule has 4 heteroatoms. The van der Waals surface area contributed by atoms with Crippen molar-refractivity contribution in [1.82, 2.24) is 4.57 Å². The molecule has 0 aliphatic rings. The summed E-state index contributed by atoms with van der Waals surface area (Å²) in [6.45, 7) is 2.65. The molecule has 2 N–H and O–H groups in total. The number of aromatic nitrogens is 1. The summed E-state index contributed by atoms with van der Waals surface area (Å²) in [6.07, 6.45) is 4.82. The standard InChI is InChI=1S/C15H16FN3/c1-2-15(18)12-5-6-19(10-12)9-11-3-4-14(16)13(7-11)8-17/h3-7,10,15H,2,9,18H2,1H3. The van der Waals surface area contributed by atoms with E-state index in [0.29, 0.717) is 6.54 Å². The van der Waals surface area contributed by atoms with Crippen LogP contribution in [0.2, 0.25) is 0 Å². The first-order valence-electron chi connectivity index (χ1n) is 6.23. The summed E-state index contributed by atoms with van der Waals surface area (Å²) >= 11 is 0.